The van der Waals surface area contributed by atoms with Gasteiger partial charge in [-0.25, -0.2) is 4.98 Å². The van der Waals surface area contributed by atoms with Gasteiger partial charge in [0.15, 0.2) is 0 Å². The monoisotopic (exact) mass is 1030 g/mol. The molecule has 0 amide bonds. The normalized spacial score (nSPS) is 13.5. The summed E-state index contributed by atoms with van der Waals surface area (Å²) in [7, 11) is 0. The van der Waals surface area contributed by atoms with Crippen LogP contribution in [0.2, 0.25) is 0 Å². The Morgan fingerprint density at radius 3 is 1.82 bits per heavy atom. The minimum Gasteiger partial charge on any atom is -0.509 e. The van der Waals surface area contributed by atoms with Gasteiger partial charge in [-0.2, -0.15) is 0 Å². The number of nitrogens with zero attached hydrogens (tertiary/aromatic N) is 4. The molecule has 334 valence electrons. The summed E-state index contributed by atoms with van der Waals surface area (Å²) in [6.45, 7) is 27.2. The van der Waals surface area contributed by atoms with E-state index in [1.165, 1.54) is 27.8 Å². The molecule has 0 N–H and O–H groups in total. The van der Waals surface area contributed by atoms with Crippen LogP contribution in [0.15, 0.2) is 152 Å². The molecule has 0 unspecified atom stereocenters. The van der Waals surface area contributed by atoms with Crippen LogP contribution >= 0.6 is 0 Å². The molecule has 0 atom stereocenters. The Bertz CT molecular complexity index is 3000. The van der Waals surface area contributed by atoms with E-state index in [1.807, 2.05) is 12.3 Å². The van der Waals surface area contributed by atoms with Crippen molar-refractivity contribution < 1.29 is 25.8 Å². The van der Waals surface area contributed by atoms with E-state index in [4.69, 9.17) is 9.72 Å². The average molecular weight is 1040 g/mol. The van der Waals surface area contributed by atoms with Crippen LogP contribution in [0.5, 0.6) is 11.5 Å². The first-order valence-electron chi connectivity index (χ1n) is 22.4. The Morgan fingerprint density at radius 2 is 1.15 bits per heavy atom. The maximum Gasteiger partial charge on any atom is 0.135 e. The van der Waals surface area contributed by atoms with Crippen molar-refractivity contribution in [3.05, 3.63) is 199 Å². The van der Waals surface area contributed by atoms with E-state index >= 15 is 0 Å². The van der Waals surface area contributed by atoms with E-state index in [-0.39, 0.29) is 42.7 Å². The molecule has 1 aliphatic rings. The number of hydrogen-bond acceptors (Lipinski definition) is 4. The third-order valence-corrected chi connectivity index (χ3v) is 12.7. The Kier molecular flexibility index (Phi) is 12.0. The zero-order valence-electron chi connectivity index (χ0n) is 39.5. The smallest absolute Gasteiger partial charge is 0.135 e. The van der Waals surface area contributed by atoms with E-state index in [0.717, 1.165) is 50.1 Å². The summed E-state index contributed by atoms with van der Waals surface area (Å²) in [4.78, 5) is 9.36. The number of pyridine rings is 1. The minimum absolute atomic E-state index is 0. The van der Waals surface area contributed by atoms with Gasteiger partial charge in [0, 0.05) is 55.4 Å². The molecule has 2 aromatic heterocycles. The maximum atomic E-state index is 7.00. The van der Waals surface area contributed by atoms with Crippen LogP contribution in [-0.2, 0) is 42.7 Å². The van der Waals surface area contributed by atoms with E-state index in [0.29, 0.717) is 11.5 Å². The van der Waals surface area contributed by atoms with E-state index in [1.54, 1.807) is 0 Å². The molecule has 0 spiro atoms. The van der Waals surface area contributed by atoms with E-state index < -0.39 is 0 Å². The summed E-state index contributed by atoms with van der Waals surface area (Å²) in [6, 6.07) is 55.0. The number of fused-ring (bicyclic) bond motifs is 3. The number of benzene rings is 6. The number of para-hydroxylation sites is 1. The molecule has 8 aromatic rings. The van der Waals surface area contributed by atoms with Crippen molar-refractivity contribution in [1.29, 1.82) is 0 Å². The fourth-order valence-electron chi connectivity index (χ4n) is 8.74. The number of rotatable bonds is 8. The average Bonchev–Trinajstić information content (AvgIpc) is 3.90. The van der Waals surface area contributed by atoms with Gasteiger partial charge in [0.2, 0.25) is 0 Å². The van der Waals surface area contributed by atoms with Crippen molar-refractivity contribution in [3.8, 4) is 28.4 Å². The summed E-state index contributed by atoms with van der Waals surface area (Å²) in [5.74, 6) is 2.06. The molecule has 6 heteroatoms. The summed E-state index contributed by atoms with van der Waals surface area (Å²) < 4.78 is 9.26. The molecule has 0 radical (unpaired) electrons. The second-order valence-corrected chi connectivity index (χ2v) is 20.9. The standard InChI is InChI=1S/C59H59N4O.Pt/c1-56(2,3)44-32-45(57(4,5)6)34-47(33-44)62-29-28-61(39-62)46-30-41(40-20-14-12-15-21-40)31-48(36-46)64-49-37-51(58(7,8)9)55-50-24-18-19-25-52(50)63(53(55)38-49)54-35-43(26-27-60-54)59(10,11)42-22-16-13-17-23-42;/h12-35,37,39H,1-11H3;/q-3;. The molecular formula is C59H59N4OPt-3. The molecule has 0 aliphatic carbocycles. The number of hydrogen-bond donors (Lipinski definition) is 0. The van der Waals surface area contributed by atoms with Crippen LogP contribution in [0.25, 0.3) is 38.8 Å². The molecule has 0 bridgehead atoms. The van der Waals surface area contributed by atoms with Gasteiger partial charge in [-0.1, -0.05) is 172 Å². The Hall–Kier alpha value is -5.90. The fraction of sp³-hybridized carbons (Fsp3) is 0.254. The van der Waals surface area contributed by atoms with Gasteiger partial charge in [-0.05, 0) is 92.2 Å². The molecule has 1 aliphatic heterocycles. The first kappa shape index (κ1) is 45.7. The van der Waals surface area contributed by atoms with Crippen molar-refractivity contribution in [3.63, 3.8) is 0 Å². The summed E-state index contributed by atoms with van der Waals surface area (Å²) >= 11 is 0. The maximum absolute atomic E-state index is 7.00. The third-order valence-electron chi connectivity index (χ3n) is 12.7. The first-order valence-corrected chi connectivity index (χ1v) is 22.4. The van der Waals surface area contributed by atoms with Crippen LogP contribution in [-0.4, -0.2) is 9.55 Å². The van der Waals surface area contributed by atoms with Crippen molar-refractivity contribution in [2.24, 2.45) is 0 Å². The molecule has 9 rings (SSSR count). The first-order chi connectivity index (χ1) is 30.3. The second kappa shape index (κ2) is 17.1. The SMILES string of the molecule is CC(C)(C)c1cc(N2C=CN(c3[c-]c(Oc4[c-]c5c(c(C(C)(C)C)c4)c4ccccc4n5-c4cc(C(C)(C)c5ccccc5)ccn4)cc(-c4ccccc4)c3)[CH-]2)cc(C(C)(C)C)c1.[Pt]. The van der Waals surface area contributed by atoms with E-state index in [9.17, 15) is 0 Å². The van der Waals surface area contributed by atoms with Gasteiger partial charge < -0.3 is 19.1 Å². The van der Waals surface area contributed by atoms with Crippen molar-refractivity contribution in [2.45, 2.75) is 97.8 Å². The molecule has 0 saturated carbocycles. The molecule has 0 saturated heterocycles. The molecule has 65 heavy (non-hydrogen) atoms. The van der Waals surface area contributed by atoms with Gasteiger partial charge in [-0.3, -0.25) is 0 Å². The summed E-state index contributed by atoms with van der Waals surface area (Å²) in [5.41, 5.74) is 11.9. The topological polar surface area (TPSA) is 33.5 Å². The van der Waals surface area contributed by atoms with Gasteiger partial charge in [0.1, 0.15) is 5.82 Å². The van der Waals surface area contributed by atoms with Gasteiger partial charge in [-0.15, -0.1) is 53.8 Å². The molecular weight excluding hydrogens is 976 g/mol. The number of aromatic nitrogens is 2. The third kappa shape index (κ3) is 9.05. The molecule has 3 heterocycles. The summed E-state index contributed by atoms with van der Waals surface area (Å²) in [5, 5.41) is 2.30. The van der Waals surface area contributed by atoms with Crippen molar-refractivity contribution >= 4 is 33.2 Å². The van der Waals surface area contributed by atoms with Crippen LogP contribution < -0.4 is 14.5 Å². The predicted octanol–water partition coefficient (Wildman–Crippen LogP) is 15.4. The zero-order chi connectivity index (χ0) is 45.2. The number of ether oxygens (including phenoxy) is 1. The fourth-order valence-corrected chi connectivity index (χ4v) is 8.74. The van der Waals surface area contributed by atoms with Crippen LogP contribution in [0.3, 0.4) is 0 Å². The van der Waals surface area contributed by atoms with Crippen LogP contribution in [0.4, 0.5) is 11.4 Å². The Balaban J connectivity index is 0.00000576. The van der Waals surface area contributed by atoms with Crippen LogP contribution in [0, 0.1) is 18.8 Å². The Morgan fingerprint density at radius 1 is 0.538 bits per heavy atom. The van der Waals surface area contributed by atoms with Crippen molar-refractivity contribution in [1.82, 2.24) is 9.55 Å². The summed E-state index contributed by atoms with van der Waals surface area (Å²) in [6.07, 6.45) is 6.15. The van der Waals surface area contributed by atoms with Gasteiger partial charge in [0.05, 0.1) is 0 Å². The molecule has 0 fully saturated rings. The Labute approximate surface area is 401 Å². The molecule has 6 aromatic carbocycles. The predicted molar refractivity (Wildman–Crippen MR) is 268 cm³/mol. The van der Waals surface area contributed by atoms with E-state index in [2.05, 4.69) is 249 Å². The largest absolute Gasteiger partial charge is 0.509 e. The number of anilines is 2. The molecule has 5 nitrogen and oxygen atoms in total. The van der Waals surface area contributed by atoms with Crippen molar-refractivity contribution in [2.75, 3.05) is 9.80 Å². The van der Waals surface area contributed by atoms with Crippen LogP contribution in [0.1, 0.15) is 104 Å². The quantitative estimate of drug-likeness (QED) is 0.142. The second-order valence-electron chi connectivity index (χ2n) is 20.9. The zero-order valence-corrected chi connectivity index (χ0v) is 41.8. The van der Waals surface area contributed by atoms with Gasteiger partial charge >= 0.3 is 0 Å². The van der Waals surface area contributed by atoms with Gasteiger partial charge in [0.25, 0.3) is 0 Å². The minimum atomic E-state index is -0.242.